The minimum Gasteiger partial charge on any atom is -0.338 e. The molecule has 19 heavy (non-hydrogen) atoms. The number of hydrogen-bond acceptors (Lipinski definition) is 2. The van der Waals surface area contributed by atoms with Crippen LogP contribution in [0.5, 0.6) is 0 Å². The molecule has 3 N–H and O–H groups in total. The molecule has 1 aliphatic heterocycles. The zero-order valence-corrected chi connectivity index (χ0v) is 10.5. The summed E-state index contributed by atoms with van der Waals surface area (Å²) < 4.78 is 26.6. The van der Waals surface area contributed by atoms with Gasteiger partial charge in [0.1, 0.15) is 17.3 Å². The van der Waals surface area contributed by atoms with E-state index in [0.717, 1.165) is 38.1 Å². The first kappa shape index (κ1) is 13.7. The fourth-order valence-electron chi connectivity index (χ4n) is 2.11. The van der Waals surface area contributed by atoms with Crippen LogP contribution in [0.1, 0.15) is 12.8 Å². The predicted molar refractivity (Wildman–Crippen MR) is 69.0 cm³/mol. The van der Waals surface area contributed by atoms with Gasteiger partial charge in [0.25, 0.3) is 0 Å². The van der Waals surface area contributed by atoms with Crippen molar-refractivity contribution in [1.29, 1.82) is 0 Å². The lowest BCUT2D eigenvalue weighted by Gasteiger charge is -2.22. The molecule has 104 valence electrons. The molecule has 0 saturated carbocycles. The Kier molecular flexibility index (Phi) is 4.68. The molecular weight excluding hydrogens is 252 g/mol. The number of nitrogens with one attached hydrogen (secondary N) is 3. The second-order valence-electron chi connectivity index (χ2n) is 4.64. The van der Waals surface area contributed by atoms with Gasteiger partial charge in [-0.2, -0.15) is 0 Å². The van der Waals surface area contributed by atoms with Gasteiger partial charge in [0.2, 0.25) is 0 Å². The topological polar surface area (TPSA) is 53.2 Å². The van der Waals surface area contributed by atoms with Gasteiger partial charge < -0.3 is 16.0 Å². The summed E-state index contributed by atoms with van der Waals surface area (Å²) in [6.45, 7) is 2.35. The van der Waals surface area contributed by atoms with Crippen molar-refractivity contribution in [3.05, 3.63) is 29.8 Å². The van der Waals surface area contributed by atoms with E-state index in [4.69, 9.17) is 0 Å². The van der Waals surface area contributed by atoms with Crippen molar-refractivity contribution in [2.45, 2.75) is 12.8 Å². The van der Waals surface area contributed by atoms with Crippen LogP contribution < -0.4 is 16.0 Å². The Hall–Kier alpha value is -1.69. The smallest absolute Gasteiger partial charge is 0.319 e. The second-order valence-corrected chi connectivity index (χ2v) is 4.64. The second kappa shape index (κ2) is 6.47. The number of hydrogen-bond donors (Lipinski definition) is 3. The molecule has 0 aliphatic carbocycles. The zero-order chi connectivity index (χ0) is 13.7. The molecule has 0 bridgehead atoms. The maximum Gasteiger partial charge on any atom is 0.319 e. The highest BCUT2D eigenvalue weighted by Gasteiger charge is 2.15. The fraction of sp³-hybridized carbons (Fsp3) is 0.462. The van der Waals surface area contributed by atoms with Crippen molar-refractivity contribution >= 4 is 11.7 Å². The van der Waals surface area contributed by atoms with Crippen LogP contribution in [-0.4, -0.2) is 25.7 Å². The summed E-state index contributed by atoms with van der Waals surface area (Å²) in [6, 6.07) is 2.86. The molecule has 0 aromatic heterocycles. The maximum absolute atomic E-state index is 13.3. The minimum absolute atomic E-state index is 0.366. The molecule has 0 unspecified atom stereocenters. The Labute approximate surface area is 110 Å². The molecule has 0 radical (unpaired) electrons. The molecule has 1 atom stereocenters. The van der Waals surface area contributed by atoms with Crippen molar-refractivity contribution in [2.75, 3.05) is 25.0 Å². The lowest BCUT2D eigenvalue weighted by molar-refractivity contribution is 0.248. The highest BCUT2D eigenvalue weighted by Crippen LogP contribution is 2.17. The van der Waals surface area contributed by atoms with Crippen LogP contribution >= 0.6 is 0 Å². The molecule has 2 amide bonds. The van der Waals surface area contributed by atoms with E-state index in [1.807, 2.05) is 0 Å². The van der Waals surface area contributed by atoms with E-state index < -0.39 is 23.4 Å². The molecule has 2 rings (SSSR count). The molecule has 6 heteroatoms. The Balaban J connectivity index is 1.83. The number of rotatable bonds is 3. The average Bonchev–Trinajstić information content (AvgIpc) is 2.42. The SMILES string of the molecule is O=C(NC[C@H]1CCCNC1)Nc1c(F)cccc1F. The molecule has 4 nitrogen and oxygen atoms in total. The summed E-state index contributed by atoms with van der Waals surface area (Å²) in [6.07, 6.45) is 2.12. The van der Waals surface area contributed by atoms with Crippen LogP contribution in [0.15, 0.2) is 18.2 Å². The molecular formula is C13H17F2N3O. The van der Waals surface area contributed by atoms with E-state index in [2.05, 4.69) is 16.0 Å². The highest BCUT2D eigenvalue weighted by molar-refractivity contribution is 5.89. The lowest BCUT2D eigenvalue weighted by Crippen LogP contribution is -2.39. The molecule has 1 aromatic rings. The number of halogens is 2. The van der Waals surface area contributed by atoms with Crippen molar-refractivity contribution in [1.82, 2.24) is 10.6 Å². The van der Waals surface area contributed by atoms with E-state index in [1.165, 1.54) is 6.07 Å². The largest absolute Gasteiger partial charge is 0.338 e. The van der Waals surface area contributed by atoms with Crippen LogP contribution in [0, 0.1) is 17.6 Å². The summed E-state index contributed by atoms with van der Waals surface area (Å²) in [4.78, 5) is 11.6. The quantitative estimate of drug-likeness (QED) is 0.787. The Bertz CT molecular complexity index is 427. The Morgan fingerprint density at radius 1 is 1.37 bits per heavy atom. The van der Waals surface area contributed by atoms with Crippen molar-refractivity contribution < 1.29 is 13.6 Å². The summed E-state index contributed by atoms with van der Waals surface area (Å²) in [5.41, 5.74) is -0.415. The number of anilines is 1. The number of benzene rings is 1. The fourth-order valence-corrected chi connectivity index (χ4v) is 2.11. The third-order valence-corrected chi connectivity index (χ3v) is 3.15. The molecule has 1 saturated heterocycles. The van der Waals surface area contributed by atoms with E-state index in [0.29, 0.717) is 12.5 Å². The Morgan fingerprint density at radius 3 is 2.74 bits per heavy atom. The molecule has 0 spiro atoms. The summed E-state index contributed by atoms with van der Waals surface area (Å²) >= 11 is 0. The van der Waals surface area contributed by atoms with E-state index >= 15 is 0 Å². The van der Waals surface area contributed by atoms with E-state index in [1.54, 1.807) is 0 Å². The van der Waals surface area contributed by atoms with Gasteiger partial charge in [-0.15, -0.1) is 0 Å². The van der Waals surface area contributed by atoms with Crippen LogP contribution in [0.2, 0.25) is 0 Å². The van der Waals surface area contributed by atoms with Crippen molar-refractivity contribution in [3.63, 3.8) is 0 Å². The highest BCUT2D eigenvalue weighted by atomic mass is 19.1. The van der Waals surface area contributed by atoms with Gasteiger partial charge in [0.15, 0.2) is 0 Å². The third-order valence-electron chi connectivity index (χ3n) is 3.15. The standard InChI is InChI=1S/C13H17F2N3O/c14-10-4-1-5-11(15)12(10)18-13(19)17-8-9-3-2-6-16-7-9/h1,4-5,9,16H,2-3,6-8H2,(H2,17,18,19)/t9-/m0/s1. The molecule has 1 aliphatic rings. The van der Waals surface area contributed by atoms with Crippen LogP contribution in [0.25, 0.3) is 0 Å². The van der Waals surface area contributed by atoms with Crippen LogP contribution in [0.3, 0.4) is 0 Å². The number of carbonyl (C=O) groups excluding carboxylic acids is 1. The number of para-hydroxylation sites is 1. The van der Waals surface area contributed by atoms with Gasteiger partial charge in [-0.1, -0.05) is 6.07 Å². The predicted octanol–water partition coefficient (Wildman–Crippen LogP) is 2.09. The van der Waals surface area contributed by atoms with Gasteiger partial charge in [-0.25, -0.2) is 13.6 Å². The lowest BCUT2D eigenvalue weighted by atomic mass is 10.00. The number of piperidine rings is 1. The first-order chi connectivity index (χ1) is 9.16. The number of carbonyl (C=O) groups is 1. The van der Waals surface area contributed by atoms with Crippen molar-refractivity contribution in [3.8, 4) is 0 Å². The van der Waals surface area contributed by atoms with Gasteiger partial charge in [0, 0.05) is 6.54 Å². The molecule has 1 heterocycles. The monoisotopic (exact) mass is 269 g/mol. The third kappa shape index (κ3) is 3.89. The zero-order valence-electron chi connectivity index (χ0n) is 10.5. The normalized spacial score (nSPS) is 18.9. The summed E-state index contributed by atoms with van der Waals surface area (Å²) in [7, 11) is 0. The van der Waals surface area contributed by atoms with Gasteiger partial charge >= 0.3 is 6.03 Å². The molecule has 1 fully saturated rings. The number of amides is 2. The average molecular weight is 269 g/mol. The van der Waals surface area contributed by atoms with Gasteiger partial charge in [-0.3, -0.25) is 0 Å². The van der Waals surface area contributed by atoms with Gasteiger partial charge in [0.05, 0.1) is 0 Å². The first-order valence-electron chi connectivity index (χ1n) is 6.36. The Morgan fingerprint density at radius 2 is 2.11 bits per heavy atom. The van der Waals surface area contributed by atoms with Crippen molar-refractivity contribution in [2.24, 2.45) is 5.92 Å². The van der Waals surface area contributed by atoms with Crippen LogP contribution in [0.4, 0.5) is 19.3 Å². The van der Waals surface area contributed by atoms with E-state index in [9.17, 15) is 13.6 Å². The minimum atomic E-state index is -0.783. The number of urea groups is 1. The van der Waals surface area contributed by atoms with E-state index in [-0.39, 0.29) is 0 Å². The maximum atomic E-state index is 13.3. The summed E-state index contributed by atoms with van der Waals surface area (Å²) in [5, 5.41) is 8.06. The first-order valence-corrected chi connectivity index (χ1v) is 6.36. The summed E-state index contributed by atoms with van der Waals surface area (Å²) in [5.74, 6) is -1.20. The molecule has 1 aromatic carbocycles. The van der Waals surface area contributed by atoms with Crippen LogP contribution in [-0.2, 0) is 0 Å². The van der Waals surface area contributed by atoms with Gasteiger partial charge in [-0.05, 0) is 44.0 Å².